The Morgan fingerprint density at radius 1 is 0.955 bits per heavy atom. The lowest BCUT2D eigenvalue weighted by Gasteiger charge is -2.26. The normalized spacial score (nSPS) is 17.4. The fourth-order valence-corrected chi connectivity index (χ4v) is 5.05. The Labute approximate surface area is 132 Å². The fourth-order valence-electron chi connectivity index (χ4n) is 2.67. The Balaban J connectivity index is 2.41. The van der Waals surface area contributed by atoms with Gasteiger partial charge in [0.25, 0.3) is 0 Å². The molecule has 22 heavy (non-hydrogen) atoms. The van der Waals surface area contributed by atoms with Gasteiger partial charge >= 0.3 is 0 Å². The molecule has 1 saturated heterocycles. The molecule has 0 unspecified atom stereocenters. The van der Waals surface area contributed by atoms with Crippen LogP contribution in [0.1, 0.15) is 30.4 Å². The first kappa shape index (κ1) is 17.2. The maximum atomic E-state index is 12.7. The Bertz CT molecular complexity index is 741. The van der Waals surface area contributed by atoms with Gasteiger partial charge in [-0.25, -0.2) is 16.8 Å². The summed E-state index contributed by atoms with van der Waals surface area (Å²) in [6.07, 6.45) is 3.89. The molecule has 0 spiro atoms. The average molecular weight is 346 g/mol. The van der Waals surface area contributed by atoms with Gasteiger partial charge in [0.1, 0.15) is 0 Å². The van der Waals surface area contributed by atoms with Crippen LogP contribution in [0.2, 0.25) is 0 Å². The maximum Gasteiger partial charge on any atom is 0.243 e. The standard InChI is InChI=1S/C14H22N2O4S2/c1-11-9-13(10-12(2)14(11)15-21(3,17)18)22(19,20)16-7-5-4-6-8-16/h9-10,15H,4-8H2,1-3H3. The molecule has 1 aromatic carbocycles. The first-order valence-corrected chi connectivity index (χ1v) is 10.5. The van der Waals surface area contributed by atoms with Crippen LogP contribution in [0.25, 0.3) is 0 Å². The molecule has 1 aliphatic heterocycles. The summed E-state index contributed by atoms with van der Waals surface area (Å²) in [6, 6.07) is 3.06. The molecule has 0 atom stereocenters. The lowest BCUT2D eigenvalue weighted by atomic mass is 10.1. The van der Waals surface area contributed by atoms with Crippen molar-refractivity contribution in [1.82, 2.24) is 4.31 Å². The SMILES string of the molecule is Cc1cc(S(=O)(=O)N2CCCCC2)cc(C)c1NS(C)(=O)=O. The molecular weight excluding hydrogens is 324 g/mol. The van der Waals surface area contributed by atoms with E-state index in [-0.39, 0.29) is 4.90 Å². The van der Waals surface area contributed by atoms with E-state index in [0.29, 0.717) is 29.9 Å². The lowest BCUT2D eigenvalue weighted by Crippen LogP contribution is -2.35. The van der Waals surface area contributed by atoms with E-state index in [9.17, 15) is 16.8 Å². The first-order chi connectivity index (χ1) is 10.1. The van der Waals surface area contributed by atoms with Crippen molar-refractivity contribution in [3.63, 3.8) is 0 Å². The number of anilines is 1. The van der Waals surface area contributed by atoms with Crippen molar-refractivity contribution in [3.8, 4) is 0 Å². The third kappa shape index (κ3) is 3.80. The molecule has 1 fully saturated rings. The predicted molar refractivity (Wildman–Crippen MR) is 87.0 cm³/mol. The number of aryl methyl sites for hydroxylation is 2. The van der Waals surface area contributed by atoms with Crippen LogP contribution in [0.15, 0.2) is 17.0 Å². The molecule has 0 amide bonds. The highest BCUT2D eigenvalue weighted by molar-refractivity contribution is 7.92. The monoisotopic (exact) mass is 346 g/mol. The molecule has 8 heteroatoms. The molecule has 0 bridgehead atoms. The molecule has 1 aromatic rings. The van der Waals surface area contributed by atoms with E-state index in [4.69, 9.17) is 0 Å². The number of hydrogen-bond donors (Lipinski definition) is 1. The smallest absolute Gasteiger partial charge is 0.243 e. The number of hydrogen-bond acceptors (Lipinski definition) is 4. The second kappa shape index (κ2) is 6.17. The molecule has 0 aliphatic carbocycles. The van der Waals surface area contributed by atoms with E-state index in [0.717, 1.165) is 25.5 Å². The van der Waals surface area contributed by atoms with Gasteiger partial charge in [-0.3, -0.25) is 4.72 Å². The van der Waals surface area contributed by atoms with Gasteiger partial charge in [0.2, 0.25) is 20.0 Å². The molecule has 0 saturated carbocycles. The van der Waals surface area contributed by atoms with Gasteiger partial charge in [-0.1, -0.05) is 6.42 Å². The van der Waals surface area contributed by atoms with E-state index in [1.165, 1.54) is 16.4 Å². The second-order valence-corrected chi connectivity index (χ2v) is 9.46. The van der Waals surface area contributed by atoms with Crippen LogP contribution in [-0.4, -0.2) is 40.5 Å². The number of sulfonamides is 2. The van der Waals surface area contributed by atoms with Crippen molar-refractivity contribution < 1.29 is 16.8 Å². The molecule has 1 heterocycles. The third-order valence-electron chi connectivity index (χ3n) is 3.75. The summed E-state index contributed by atoms with van der Waals surface area (Å²) < 4.78 is 52.1. The Morgan fingerprint density at radius 3 is 1.91 bits per heavy atom. The molecule has 2 rings (SSSR count). The minimum Gasteiger partial charge on any atom is -0.283 e. The summed E-state index contributed by atoms with van der Waals surface area (Å²) in [5.41, 5.74) is 1.64. The summed E-state index contributed by atoms with van der Waals surface area (Å²) in [7, 11) is -6.91. The molecule has 1 N–H and O–H groups in total. The van der Waals surface area contributed by atoms with Crippen molar-refractivity contribution in [3.05, 3.63) is 23.3 Å². The van der Waals surface area contributed by atoms with Crippen molar-refractivity contribution in [2.75, 3.05) is 24.1 Å². The van der Waals surface area contributed by atoms with E-state index < -0.39 is 20.0 Å². The van der Waals surface area contributed by atoms with Crippen LogP contribution in [0.3, 0.4) is 0 Å². The van der Waals surface area contributed by atoms with Gasteiger partial charge in [0.05, 0.1) is 16.8 Å². The summed E-state index contributed by atoms with van der Waals surface area (Å²) in [4.78, 5) is 0.225. The van der Waals surface area contributed by atoms with E-state index in [1.807, 2.05) is 0 Å². The zero-order valence-corrected chi connectivity index (χ0v) is 14.7. The van der Waals surface area contributed by atoms with Gasteiger partial charge in [-0.15, -0.1) is 0 Å². The summed E-state index contributed by atoms with van der Waals surface area (Å²) in [5, 5.41) is 0. The highest BCUT2D eigenvalue weighted by Gasteiger charge is 2.27. The number of piperidine rings is 1. The van der Waals surface area contributed by atoms with Crippen molar-refractivity contribution in [2.24, 2.45) is 0 Å². The molecule has 0 aromatic heterocycles. The van der Waals surface area contributed by atoms with Crippen LogP contribution < -0.4 is 4.72 Å². The molecular formula is C14H22N2O4S2. The van der Waals surface area contributed by atoms with Crippen molar-refractivity contribution >= 4 is 25.7 Å². The van der Waals surface area contributed by atoms with Gasteiger partial charge in [-0.05, 0) is 49.9 Å². The number of nitrogens with one attached hydrogen (secondary N) is 1. The van der Waals surface area contributed by atoms with Crippen LogP contribution in [0.4, 0.5) is 5.69 Å². The minimum atomic E-state index is -3.51. The molecule has 6 nitrogen and oxygen atoms in total. The van der Waals surface area contributed by atoms with Crippen LogP contribution in [-0.2, 0) is 20.0 Å². The van der Waals surface area contributed by atoms with Crippen LogP contribution in [0, 0.1) is 13.8 Å². The van der Waals surface area contributed by atoms with Crippen molar-refractivity contribution in [2.45, 2.75) is 38.0 Å². The van der Waals surface area contributed by atoms with E-state index in [1.54, 1.807) is 13.8 Å². The average Bonchev–Trinajstić information content (AvgIpc) is 2.42. The number of nitrogens with zero attached hydrogens (tertiary/aromatic N) is 1. The Hall–Kier alpha value is -1.12. The van der Waals surface area contributed by atoms with E-state index in [2.05, 4.69) is 4.72 Å². The van der Waals surface area contributed by atoms with Crippen LogP contribution in [0.5, 0.6) is 0 Å². The largest absolute Gasteiger partial charge is 0.283 e. The quantitative estimate of drug-likeness (QED) is 0.902. The topological polar surface area (TPSA) is 83.6 Å². The van der Waals surface area contributed by atoms with Crippen LogP contribution >= 0.6 is 0 Å². The maximum absolute atomic E-state index is 12.7. The van der Waals surface area contributed by atoms with Crippen molar-refractivity contribution in [1.29, 1.82) is 0 Å². The molecule has 1 aliphatic rings. The second-order valence-electron chi connectivity index (χ2n) is 5.77. The minimum absolute atomic E-state index is 0.225. The summed E-state index contributed by atoms with van der Waals surface area (Å²) in [6.45, 7) is 4.50. The predicted octanol–water partition coefficient (Wildman–Crippen LogP) is 1.85. The van der Waals surface area contributed by atoms with E-state index >= 15 is 0 Å². The Kier molecular flexibility index (Phi) is 4.84. The zero-order valence-electron chi connectivity index (χ0n) is 13.1. The number of benzene rings is 1. The van der Waals surface area contributed by atoms with Gasteiger partial charge in [-0.2, -0.15) is 4.31 Å². The Morgan fingerprint density at radius 2 is 1.45 bits per heavy atom. The highest BCUT2D eigenvalue weighted by Crippen LogP contribution is 2.28. The summed E-state index contributed by atoms with van der Waals surface area (Å²) >= 11 is 0. The van der Waals surface area contributed by atoms with Gasteiger partial charge in [0.15, 0.2) is 0 Å². The van der Waals surface area contributed by atoms with Gasteiger partial charge < -0.3 is 0 Å². The highest BCUT2D eigenvalue weighted by atomic mass is 32.2. The van der Waals surface area contributed by atoms with Gasteiger partial charge in [0, 0.05) is 13.1 Å². The molecule has 124 valence electrons. The number of rotatable bonds is 4. The zero-order chi connectivity index (χ0) is 16.5. The lowest BCUT2D eigenvalue weighted by molar-refractivity contribution is 0.346. The molecule has 0 radical (unpaired) electrons. The fraction of sp³-hybridized carbons (Fsp3) is 0.571. The first-order valence-electron chi connectivity index (χ1n) is 7.20. The summed E-state index contributed by atoms with van der Waals surface area (Å²) in [5.74, 6) is 0. The third-order valence-corrected chi connectivity index (χ3v) is 6.20.